The Labute approximate surface area is 121 Å². The zero-order valence-corrected chi connectivity index (χ0v) is 12.7. The summed E-state index contributed by atoms with van der Waals surface area (Å²) in [6.07, 6.45) is 0.00306. The summed E-state index contributed by atoms with van der Waals surface area (Å²) in [5.74, 6) is 0. The minimum Gasteiger partial charge on any atom is -0.375 e. The van der Waals surface area contributed by atoms with Crippen LogP contribution >= 0.6 is 0 Å². The van der Waals surface area contributed by atoms with Crippen LogP contribution in [0.4, 0.5) is 0 Å². The van der Waals surface area contributed by atoms with Crippen molar-refractivity contribution in [2.24, 2.45) is 0 Å². The van der Waals surface area contributed by atoms with E-state index in [-0.39, 0.29) is 12.1 Å². The van der Waals surface area contributed by atoms with E-state index in [1.54, 1.807) is 7.11 Å². The molecular formula is C18H23NO. The summed E-state index contributed by atoms with van der Waals surface area (Å²) in [6, 6.07) is 17.1. The third-order valence-corrected chi connectivity index (χ3v) is 3.89. The second-order valence-corrected chi connectivity index (χ2v) is 5.18. The number of hydrogen-bond acceptors (Lipinski definition) is 2. The van der Waals surface area contributed by atoms with Gasteiger partial charge in [0.25, 0.3) is 0 Å². The minimum absolute atomic E-state index is 0.00306. The number of methoxy groups -OCH3 is 1. The molecule has 0 spiro atoms. The lowest BCUT2D eigenvalue weighted by molar-refractivity contribution is 0.0702. The van der Waals surface area contributed by atoms with E-state index in [2.05, 4.69) is 61.6 Å². The average Bonchev–Trinajstić information content (AvgIpc) is 2.48. The molecule has 0 aromatic heterocycles. The van der Waals surface area contributed by atoms with Gasteiger partial charge in [-0.3, -0.25) is 0 Å². The summed E-state index contributed by atoms with van der Waals surface area (Å²) in [5, 5.41) is 3.39. The van der Waals surface area contributed by atoms with Gasteiger partial charge in [0.15, 0.2) is 0 Å². The van der Waals surface area contributed by atoms with Gasteiger partial charge in [0.05, 0.1) is 6.04 Å². The zero-order chi connectivity index (χ0) is 14.5. The van der Waals surface area contributed by atoms with Crippen LogP contribution in [0.1, 0.15) is 34.4 Å². The van der Waals surface area contributed by atoms with Crippen LogP contribution in [0.15, 0.2) is 48.5 Å². The lowest BCUT2D eigenvalue weighted by Gasteiger charge is -2.27. The topological polar surface area (TPSA) is 21.3 Å². The molecule has 0 aliphatic rings. The number of likely N-dealkylation sites (N-methyl/N-ethyl adjacent to an activating group) is 1. The van der Waals surface area contributed by atoms with Gasteiger partial charge in [-0.15, -0.1) is 0 Å². The smallest absolute Gasteiger partial charge is 0.102 e. The molecule has 1 N–H and O–H groups in total. The molecule has 2 aromatic rings. The normalized spacial score (nSPS) is 14.0. The van der Waals surface area contributed by atoms with Crippen molar-refractivity contribution in [2.45, 2.75) is 26.0 Å². The molecule has 0 bridgehead atoms. The molecule has 2 aromatic carbocycles. The molecular weight excluding hydrogens is 246 g/mol. The van der Waals surface area contributed by atoms with Crippen LogP contribution in [0.2, 0.25) is 0 Å². The molecule has 0 fully saturated rings. The first-order chi connectivity index (χ1) is 9.67. The Bertz CT molecular complexity index is 551. The Morgan fingerprint density at radius 3 is 2.15 bits per heavy atom. The lowest BCUT2D eigenvalue weighted by Crippen LogP contribution is -2.25. The van der Waals surface area contributed by atoms with Crippen LogP contribution in [0, 0.1) is 13.8 Å². The van der Waals surface area contributed by atoms with Gasteiger partial charge in [-0.1, -0.05) is 48.5 Å². The van der Waals surface area contributed by atoms with Gasteiger partial charge in [-0.25, -0.2) is 0 Å². The first-order valence-electron chi connectivity index (χ1n) is 6.99. The van der Waals surface area contributed by atoms with E-state index >= 15 is 0 Å². The van der Waals surface area contributed by atoms with E-state index < -0.39 is 0 Å². The molecule has 2 atom stereocenters. The molecule has 0 aliphatic heterocycles. The van der Waals surface area contributed by atoms with Crippen molar-refractivity contribution in [3.8, 4) is 0 Å². The highest BCUT2D eigenvalue weighted by molar-refractivity contribution is 5.33. The highest BCUT2D eigenvalue weighted by Crippen LogP contribution is 2.32. The van der Waals surface area contributed by atoms with Gasteiger partial charge in [-0.05, 0) is 43.1 Å². The summed E-state index contributed by atoms with van der Waals surface area (Å²) >= 11 is 0. The Morgan fingerprint density at radius 2 is 1.60 bits per heavy atom. The minimum atomic E-state index is 0.00306. The fourth-order valence-corrected chi connectivity index (χ4v) is 2.56. The second-order valence-electron chi connectivity index (χ2n) is 5.18. The fraction of sp³-hybridized carbons (Fsp3) is 0.333. The highest BCUT2D eigenvalue weighted by Gasteiger charge is 2.23. The van der Waals surface area contributed by atoms with Gasteiger partial charge >= 0.3 is 0 Å². The molecule has 0 amide bonds. The number of nitrogens with one attached hydrogen (secondary N) is 1. The number of hydrogen-bond donors (Lipinski definition) is 1. The molecule has 20 heavy (non-hydrogen) atoms. The predicted octanol–water partition coefficient (Wildman–Crippen LogP) is 3.95. The molecule has 2 nitrogen and oxygen atoms in total. The molecule has 0 aliphatic carbocycles. The number of aryl methyl sites for hydroxylation is 2. The number of rotatable bonds is 5. The molecule has 2 rings (SSSR count). The van der Waals surface area contributed by atoms with Crippen LogP contribution in [0.25, 0.3) is 0 Å². The molecule has 0 heterocycles. The van der Waals surface area contributed by atoms with Crippen LogP contribution in [0.5, 0.6) is 0 Å². The third-order valence-electron chi connectivity index (χ3n) is 3.89. The van der Waals surface area contributed by atoms with Gasteiger partial charge < -0.3 is 10.1 Å². The first-order valence-corrected chi connectivity index (χ1v) is 6.99. The maximum atomic E-state index is 5.75. The Kier molecular flexibility index (Phi) is 4.94. The number of ether oxygens (including phenoxy) is 1. The van der Waals surface area contributed by atoms with Crippen molar-refractivity contribution >= 4 is 0 Å². The van der Waals surface area contributed by atoms with Gasteiger partial charge in [0.2, 0.25) is 0 Å². The summed E-state index contributed by atoms with van der Waals surface area (Å²) in [7, 11) is 3.75. The van der Waals surface area contributed by atoms with Crippen molar-refractivity contribution in [1.82, 2.24) is 5.32 Å². The van der Waals surface area contributed by atoms with E-state index in [1.165, 1.54) is 22.3 Å². The molecule has 0 radical (unpaired) electrons. The van der Waals surface area contributed by atoms with Gasteiger partial charge in [0.1, 0.15) is 6.10 Å². The summed E-state index contributed by atoms with van der Waals surface area (Å²) < 4.78 is 5.75. The second kappa shape index (κ2) is 6.69. The average molecular weight is 269 g/mol. The van der Waals surface area contributed by atoms with Crippen LogP contribution < -0.4 is 5.32 Å². The first kappa shape index (κ1) is 14.8. The molecule has 106 valence electrons. The van der Waals surface area contributed by atoms with Crippen LogP contribution in [-0.4, -0.2) is 14.2 Å². The molecule has 0 saturated carbocycles. The Balaban J connectivity index is 2.36. The van der Waals surface area contributed by atoms with Crippen molar-refractivity contribution in [3.05, 3.63) is 70.8 Å². The number of benzene rings is 2. The van der Waals surface area contributed by atoms with E-state index in [9.17, 15) is 0 Å². The predicted molar refractivity (Wildman–Crippen MR) is 83.9 cm³/mol. The lowest BCUT2D eigenvalue weighted by atomic mass is 9.93. The third kappa shape index (κ3) is 3.09. The van der Waals surface area contributed by atoms with Gasteiger partial charge in [-0.2, -0.15) is 0 Å². The molecule has 0 saturated heterocycles. The summed E-state index contributed by atoms with van der Waals surface area (Å²) in [6.45, 7) is 4.29. The zero-order valence-electron chi connectivity index (χ0n) is 12.7. The van der Waals surface area contributed by atoms with Gasteiger partial charge in [0, 0.05) is 7.11 Å². The monoisotopic (exact) mass is 269 g/mol. The maximum absolute atomic E-state index is 5.75. The molecule has 2 unspecified atom stereocenters. The Morgan fingerprint density at radius 1 is 0.900 bits per heavy atom. The van der Waals surface area contributed by atoms with Crippen molar-refractivity contribution in [1.29, 1.82) is 0 Å². The van der Waals surface area contributed by atoms with Crippen molar-refractivity contribution in [2.75, 3.05) is 14.2 Å². The van der Waals surface area contributed by atoms with E-state index in [0.29, 0.717) is 0 Å². The van der Waals surface area contributed by atoms with Crippen LogP contribution in [0.3, 0.4) is 0 Å². The summed E-state index contributed by atoms with van der Waals surface area (Å²) in [4.78, 5) is 0. The summed E-state index contributed by atoms with van der Waals surface area (Å²) in [5.41, 5.74) is 5.07. The van der Waals surface area contributed by atoms with E-state index in [0.717, 1.165) is 0 Å². The Hall–Kier alpha value is -1.64. The van der Waals surface area contributed by atoms with E-state index in [1.807, 2.05) is 13.1 Å². The van der Waals surface area contributed by atoms with Crippen molar-refractivity contribution < 1.29 is 4.74 Å². The quantitative estimate of drug-likeness (QED) is 0.887. The van der Waals surface area contributed by atoms with E-state index in [4.69, 9.17) is 4.74 Å². The molecule has 2 heteroatoms. The highest BCUT2D eigenvalue weighted by atomic mass is 16.5. The largest absolute Gasteiger partial charge is 0.375 e. The standard InChI is InChI=1S/C18H23NO/c1-13-10-11-16(12-14(13)2)17(19-3)18(20-4)15-8-6-5-7-9-15/h5-12,17-19H,1-4H3. The fourth-order valence-electron chi connectivity index (χ4n) is 2.56. The maximum Gasteiger partial charge on any atom is 0.102 e. The van der Waals surface area contributed by atoms with Crippen molar-refractivity contribution in [3.63, 3.8) is 0 Å². The van der Waals surface area contributed by atoms with Crippen LogP contribution in [-0.2, 0) is 4.74 Å². The SMILES string of the molecule is CNC(c1ccc(C)c(C)c1)C(OC)c1ccccc1.